The normalized spacial score (nSPS) is 10.6. The standard InChI is InChI=1S/C15H12FN3O3/c1-21-15(20)10-5-4-8-19-13(17-18-14(10)19)9-22-12-7-3-2-6-11(12)16/h2-8H,9H2,1H3. The number of carbonyl (C=O) groups is 1. The SMILES string of the molecule is COC(=O)c1cccn2c(COc3ccccc3F)nnc12. The summed E-state index contributed by atoms with van der Waals surface area (Å²) < 4.78 is 25.2. The molecule has 0 atom stereocenters. The Morgan fingerprint density at radius 2 is 2.05 bits per heavy atom. The van der Waals surface area contributed by atoms with E-state index in [0.717, 1.165) is 0 Å². The second-order valence-electron chi connectivity index (χ2n) is 4.44. The molecular weight excluding hydrogens is 289 g/mol. The summed E-state index contributed by atoms with van der Waals surface area (Å²) in [6, 6.07) is 9.37. The van der Waals surface area contributed by atoms with Gasteiger partial charge in [0, 0.05) is 6.20 Å². The summed E-state index contributed by atoms with van der Waals surface area (Å²) in [4.78, 5) is 11.7. The Morgan fingerprint density at radius 1 is 1.23 bits per heavy atom. The Balaban J connectivity index is 1.89. The highest BCUT2D eigenvalue weighted by Gasteiger charge is 2.15. The largest absolute Gasteiger partial charge is 0.483 e. The molecule has 0 aliphatic heterocycles. The number of para-hydroxylation sites is 1. The van der Waals surface area contributed by atoms with Gasteiger partial charge in [0.15, 0.2) is 23.0 Å². The average Bonchev–Trinajstić information content (AvgIpc) is 2.96. The maximum absolute atomic E-state index is 13.5. The molecule has 3 aromatic rings. The number of carbonyl (C=O) groups excluding carboxylic acids is 1. The highest BCUT2D eigenvalue weighted by atomic mass is 19.1. The van der Waals surface area contributed by atoms with Gasteiger partial charge in [0.05, 0.1) is 7.11 Å². The van der Waals surface area contributed by atoms with Crippen molar-refractivity contribution >= 4 is 11.6 Å². The van der Waals surface area contributed by atoms with E-state index in [1.54, 1.807) is 34.9 Å². The van der Waals surface area contributed by atoms with Crippen LogP contribution in [0.2, 0.25) is 0 Å². The monoisotopic (exact) mass is 301 g/mol. The number of aromatic nitrogens is 3. The first-order valence-corrected chi connectivity index (χ1v) is 6.49. The van der Waals surface area contributed by atoms with Crippen LogP contribution >= 0.6 is 0 Å². The van der Waals surface area contributed by atoms with Gasteiger partial charge in [-0.1, -0.05) is 12.1 Å². The second-order valence-corrected chi connectivity index (χ2v) is 4.44. The number of nitrogens with zero attached hydrogens (tertiary/aromatic N) is 3. The van der Waals surface area contributed by atoms with E-state index in [9.17, 15) is 9.18 Å². The van der Waals surface area contributed by atoms with Crippen molar-refractivity contribution < 1.29 is 18.7 Å². The van der Waals surface area contributed by atoms with E-state index in [-0.39, 0.29) is 12.4 Å². The molecular formula is C15H12FN3O3. The van der Waals surface area contributed by atoms with Crippen LogP contribution in [0.3, 0.4) is 0 Å². The van der Waals surface area contributed by atoms with Crippen LogP contribution in [-0.2, 0) is 11.3 Å². The number of esters is 1. The zero-order valence-corrected chi connectivity index (χ0v) is 11.7. The zero-order chi connectivity index (χ0) is 15.5. The van der Waals surface area contributed by atoms with E-state index in [1.165, 1.54) is 19.2 Å². The lowest BCUT2D eigenvalue weighted by molar-refractivity contribution is 0.0602. The number of halogens is 1. The molecule has 0 N–H and O–H groups in total. The maximum Gasteiger partial charge on any atom is 0.341 e. The fourth-order valence-corrected chi connectivity index (χ4v) is 2.04. The van der Waals surface area contributed by atoms with Gasteiger partial charge in [0.1, 0.15) is 12.2 Å². The first-order chi connectivity index (χ1) is 10.7. The number of hydrogen-bond donors (Lipinski definition) is 0. The zero-order valence-electron chi connectivity index (χ0n) is 11.7. The van der Waals surface area contributed by atoms with Gasteiger partial charge in [-0.15, -0.1) is 10.2 Å². The number of benzene rings is 1. The molecule has 0 fully saturated rings. The summed E-state index contributed by atoms with van der Waals surface area (Å²) in [6.07, 6.45) is 1.70. The molecule has 0 amide bonds. The Labute approximate surface area is 125 Å². The lowest BCUT2D eigenvalue weighted by Gasteiger charge is -2.06. The second kappa shape index (κ2) is 5.80. The Morgan fingerprint density at radius 3 is 2.82 bits per heavy atom. The molecule has 0 aliphatic rings. The van der Waals surface area contributed by atoms with Crippen LogP contribution in [0.25, 0.3) is 5.65 Å². The molecule has 1 aromatic carbocycles. The smallest absolute Gasteiger partial charge is 0.341 e. The number of methoxy groups -OCH3 is 1. The minimum Gasteiger partial charge on any atom is -0.483 e. The molecule has 0 bridgehead atoms. The number of rotatable bonds is 4. The molecule has 0 saturated heterocycles. The summed E-state index contributed by atoms with van der Waals surface area (Å²) in [5.74, 6) is -0.376. The van der Waals surface area contributed by atoms with E-state index >= 15 is 0 Å². The minimum atomic E-state index is -0.500. The van der Waals surface area contributed by atoms with Crippen LogP contribution in [0.1, 0.15) is 16.2 Å². The molecule has 2 aromatic heterocycles. The van der Waals surface area contributed by atoms with Gasteiger partial charge in [-0.3, -0.25) is 4.40 Å². The summed E-state index contributed by atoms with van der Waals surface area (Å²) in [7, 11) is 1.30. The van der Waals surface area contributed by atoms with Crippen LogP contribution in [0.4, 0.5) is 4.39 Å². The summed E-state index contributed by atoms with van der Waals surface area (Å²) >= 11 is 0. The topological polar surface area (TPSA) is 65.7 Å². The molecule has 7 heteroatoms. The van der Waals surface area contributed by atoms with Crippen molar-refractivity contribution in [1.82, 2.24) is 14.6 Å². The predicted molar refractivity (Wildman–Crippen MR) is 75.1 cm³/mol. The molecule has 0 radical (unpaired) electrons. The third-order valence-electron chi connectivity index (χ3n) is 3.10. The fraction of sp³-hybridized carbons (Fsp3) is 0.133. The number of fused-ring (bicyclic) bond motifs is 1. The van der Waals surface area contributed by atoms with Crippen molar-refractivity contribution in [3.8, 4) is 5.75 Å². The van der Waals surface area contributed by atoms with E-state index in [1.807, 2.05) is 0 Å². The van der Waals surface area contributed by atoms with Crippen molar-refractivity contribution in [1.29, 1.82) is 0 Å². The third kappa shape index (κ3) is 2.48. The minimum absolute atomic E-state index is 0.0206. The van der Waals surface area contributed by atoms with Crippen LogP contribution in [0, 0.1) is 5.82 Å². The third-order valence-corrected chi connectivity index (χ3v) is 3.10. The first kappa shape index (κ1) is 14.0. The van der Waals surface area contributed by atoms with E-state index < -0.39 is 11.8 Å². The highest BCUT2D eigenvalue weighted by Crippen LogP contribution is 2.17. The molecule has 0 spiro atoms. The van der Waals surface area contributed by atoms with Crippen molar-refractivity contribution in [3.05, 3.63) is 59.8 Å². The van der Waals surface area contributed by atoms with E-state index in [0.29, 0.717) is 17.0 Å². The summed E-state index contributed by atoms with van der Waals surface area (Å²) in [5.41, 5.74) is 0.663. The van der Waals surface area contributed by atoms with Gasteiger partial charge in [0.25, 0.3) is 0 Å². The van der Waals surface area contributed by atoms with Gasteiger partial charge in [-0.05, 0) is 24.3 Å². The summed E-state index contributed by atoms with van der Waals surface area (Å²) in [5, 5.41) is 7.94. The summed E-state index contributed by atoms with van der Waals surface area (Å²) in [6.45, 7) is 0.0206. The molecule has 22 heavy (non-hydrogen) atoms. The van der Waals surface area contributed by atoms with Gasteiger partial charge in [0.2, 0.25) is 0 Å². The van der Waals surface area contributed by atoms with Crippen LogP contribution in [0.15, 0.2) is 42.6 Å². The van der Waals surface area contributed by atoms with Crippen molar-refractivity contribution in [3.63, 3.8) is 0 Å². The highest BCUT2D eigenvalue weighted by molar-refractivity contribution is 5.95. The lowest BCUT2D eigenvalue weighted by Crippen LogP contribution is -2.06. The van der Waals surface area contributed by atoms with Gasteiger partial charge in [-0.2, -0.15) is 0 Å². The van der Waals surface area contributed by atoms with Gasteiger partial charge >= 0.3 is 5.97 Å². The lowest BCUT2D eigenvalue weighted by atomic mass is 10.3. The number of pyridine rings is 1. The van der Waals surface area contributed by atoms with Crippen LogP contribution < -0.4 is 4.74 Å². The quantitative estimate of drug-likeness (QED) is 0.691. The van der Waals surface area contributed by atoms with Crippen molar-refractivity contribution in [2.24, 2.45) is 0 Å². The molecule has 6 nitrogen and oxygen atoms in total. The fourth-order valence-electron chi connectivity index (χ4n) is 2.04. The molecule has 2 heterocycles. The molecule has 112 valence electrons. The molecule has 0 aliphatic carbocycles. The van der Waals surface area contributed by atoms with E-state index in [2.05, 4.69) is 10.2 Å². The first-order valence-electron chi connectivity index (χ1n) is 6.49. The molecule has 3 rings (SSSR count). The Kier molecular flexibility index (Phi) is 3.69. The Bertz CT molecular complexity index is 832. The average molecular weight is 301 g/mol. The number of ether oxygens (including phenoxy) is 2. The van der Waals surface area contributed by atoms with Crippen molar-refractivity contribution in [2.75, 3.05) is 7.11 Å². The molecule has 0 saturated carbocycles. The molecule has 0 unspecified atom stereocenters. The predicted octanol–water partition coefficient (Wildman–Crippen LogP) is 2.23. The maximum atomic E-state index is 13.5. The Hall–Kier alpha value is -2.96. The van der Waals surface area contributed by atoms with E-state index in [4.69, 9.17) is 9.47 Å². The van der Waals surface area contributed by atoms with Crippen LogP contribution in [-0.4, -0.2) is 27.7 Å². The van der Waals surface area contributed by atoms with Crippen LogP contribution in [0.5, 0.6) is 5.75 Å². The van der Waals surface area contributed by atoms with Gasteiger partial charge < -0.3 is 9.47 Å². The van der Waals surface area contributed by atoms with Crippen molar-refractivity contribution in [2.45, 2.75) is 6.61 Å². The number of hydrogen-bond acceptors (Lipinski definition) is 5. The van der Waals surface area contributed by atoms with Gasteiger partial charge in [-0.25, -0.2) is 9.18 Å².